The number of aryl methyl sites for hydroxylation is 1. The van der Waals surface area contributed by atoms with Crippen molar-refractivity contribution in [3.63, 3.8) is 0 Å². The van der Waals surface area contributed by atoms with Gasteiger partial charge in [0.2, 0.25) is 0 Å². The van der Waals surface area contributed by atoms with E-state index in [0.29, 0.717) is 12.0 Å². The highest BCUT2D eigenvalue weighted by molar-refractivity contribution is 6.74. The van der Waals surface area contributed by atoms with Crippen LogP contribution in [0.25, 0.3) is 0 Å². The lowest BCUT2D eigenvalue weighted by Gasteiger charge is -2.20. The second-order valence-electron chi connectivity index (χ2n) is 3.54. The smallest absolute Gasteiger partial charge is 0.496 e. The van der Waals surface area contributed by atoms with Crippen LogP contribution in [0.2, 0.25) is 0 Å². The number of ether oxygens (including phenoxy) is 1. The van der Waals surface area contributed by atoms with Crippen LogP contribution in [0.4, 0.5) is 12.9 Å². The first-order valence-electron chi connectivity index (χ1n) is 4.99. The van der Waals surface area contributed by atoms with Crippen molar-refractivity contribution in [1.82, 2.24) is 0 Å². The Labute approximate surface area is 93.0 Å². The van der Waals surface area contributed by atoms with Crippen molar-refractivity contribution in [3.05, 3.63) is 36.4 Å². The van der Waals surface area contributed by atoms with Crippen LogP contribution in [-0.2, 0) is 0 Å². The Bertz CT molecular complexity index is 374. The maximum Gasteiger partial charge on any atom is 0.513 e. The molecular formula is C11H13BF3O-. The summed E-state index contributed by atoms with van der Waals surface area (Å²) in [5, 5.41) is 0. The highest BCUT2D eigenvalue weighted by atomic mass is 19.4. The minimum Gasteiger partial charge on any atom is -0.496 e. The largest absolute Gasteiger partial charge is 0.513 e. The molecule has 0 spiro atoms. The number of halogens is 3. The van der Waals surface area contributed by atoms with E-state index < -0.39 is 12.4 Å². The quantitative estimate of drug-likeness (QED) is 0.428. The van der Waals surface area contributed by atoms with Crippen LogP contribution in [0.1, 0.15) is 12.0 Å². The van der Waals surface area contributed by atoms with Crippen LogP contribution in [0.5, 0.6) is 5.75 Å². The molecule has 88 valence electrons. The van der Waals surface area contributed by atoms with Crippen molar-refractivity contribution in [2.24, 2.45) is 0 Å². The van der Waals surface area contributed by atoms with Gasteiger partial charge in [0.25, 0.3) is 0 Å². The monoisotopic (exact) mass is 229 g/mol. The van der Waals surface area contributed by atoms with E-state index >= 15 is 0 Å². The summed E-state index contributed by atoms with van der Waals surface area (Å²) in [4.78, 5) is 0. The fraction of sp³-hybridized carbons (Fsp3) is 0.273. The summed E-state index contributed by atoms with van der Waals surface area (Å²) in [6.07, 6.45) is 2.13. The molecule has 0 saturated carbocycles. The molecule has 0 N–H and O–H groups in total. The van der Waals surface area contributed by atoms with E-state index in [4.69, 9.17) is 4.74 Å². The fourth-order valence-corrected chi connectivity index (χ4v) is 1.31. The molecule has 0 fully saturated rings. The van der Waals surface area contributed by atoms with E-state index in [2.05, 4.69) is 6.58 Å². The van der Waals surface area contributed by atoms with Crippen molar-refractivity contribution in [1.29, 1.82) is 0 Å². The van der Waals surface area contributed by atoms with Crippen molar-refractivity contribution in [3.8, 4) is 5.75 Å². The molecule has 0 amide bonds. The standard InChI is InChI=1S/C11H13BF3O/c1-3-4-7-16-11-6-5-9(2)8-10(11)12(13,14)15/h3,5-6,8H,1,4,7H2,2H3/q-1. The van der Waals surface area contributed by atoms with Gasteiger partial charge in [0.15, 0.2) is 0 Å². The van der Waals surface area contributed by atoms with Gasteiger partial charge in [0.05, 0.1) is 12.4 Å². The first-order chi connectivity index (χ1) is 7.45. The molecule has 1 nitrogen and oxygen atoms in total. The van der Waals surface area contributed by atoms with E-state index in [1.807, 2.05) is 0 Å². The van der Waals surface area contributed by atoms with Gasteiger partial charge < -0.3 is 17.7 Å². The van der Waals surface area contributed by atoms with E-state index in [1.165, 1.54) is 6.07 Å². The Morgan fingerprint density at radius 2 is 2.06 bits per heavy atom. The van der Waals surface area contributed by atoms with Crippen LogP contribution < -0.4 is 10.2 Å². The summed E-state index contributed by atoms with van der Waals surface area (Å²) in [6.45, 7) is 0.289. The van der Waals surface area contributed by atoms with Gasteiger partial charge in [-0.25, -0.2) is 0 Å². The normalized spacial score (nSPS) is 11.2. The van der Waals surface area contributed by atoms with Gasteiger partial charge in [-0.05, 0) is 19.4 Å². The average molecular weight is 229 g/mol. The molecule has 0 radical (unpaired) electrons. The lowest BCUT2D eigenvalue weighted by Crippen LogP contribution is -2.35. The van der Waals surface area contributed by atoms with Gasteiger partial charge in [-0.3, -0.25) is 0 Å². The second kappa shape index (κ2) is 5.10. The number of rotatable bonds is 5. The molecule has 0 bridgehead atoms. The predicted molar refractivity (Wildman–Crippen MR) is 60.2 cm³/mol. The highest BCUT2D eigenvalue weighted by Gasteiger charge is 2.29. The SMILES string of the molecule is C=CCCOc1ccc(C)cc1[B-](F)(F)F. The van der Waals surface area contributed by atoms with Gasteiger partial charge in [-0.2, -0.15) is 0 Å². The zero-order chi connectivity index (χ0) is 12.2. The van der Waals surface area contributed by atoms with Gasteiger partial charge >= 0.3 is 6.98 Å². The molecule has 0 aliphatic heterocycles. The van der Waals surface area contributed by atoms with Gasteiger partial charge in [0, 0.05) is 0 Å². The molecule has 1 rings (SSSR count). The van der Waals surface area contributed by atoms with Crippen molar-refractivity contribution < 1.29 is 17.7 Å². The highest BCUT2D eigenvalue weighted by Crippen LogP contribution is 2.19. The summed E-state index contributed by atoms with van der Waals surface area (Å²) in [7, 11) is 0. The molecule has 1 aromatic carbocycles. The molecule has 0 aromatic heterocycles. The third kappa shape index (κ3) is 3.33. The summed E-state index contributed by atoms with van der Waals surface area (Å²) in [5.74, 6) is -0.0973. The summed E-state index contributed by atoms with van der Waals surface area (Å²) in [6, 6.07) is 4.08. The Balaban J connectivity index is 2.94. The molecule has 16 heavy (non-hydrogen) atoms. The van der Waals surface area contributed by atoms with Gasteiger partial charge in [-0.1, -0.05) is 29.2 Å². The van der Waals surface area contributed by atoms with E-state index in [9.17, 15) is 12.9 Å². The zero-order valence-corrected chi connectivity index (χ0v) is 9.05. The van der Waals surface area contributed by atoms with Crippen LogP contribution in [0.3, 0.4) is 0 Å². The summed E-state index contributed by atoms with van der Waals surface area (Å²) >= 11 is 0. The van der Waals surface area contributed by atoms with Crippen molar-refractivity contribution >= 4 is 12.4 Å². The van der Waals surface area contributed by atoms with E-state index in [0.717, 1.165) is 6.07 Å². The van der Waals surface area contributed by atoms with Crippen LogP contribution in [0, 0.1) is 6.92 Å². The third-order valence-corrected chi connectivity index (χ3v) is 2.10. The molecule has 0 atom stereocenters. The molecule has 0 heterocycles. The Morgan fingerprint density at radius 3 is 2.62 bits per heavy atom. The Morgan fingerprint density at radius 1 is 1.38 bits per heavy atom. The van der Waals surface area contributed by atoms with E-state index in [1.54, 1.807) is 19.1 Å². The Hall–Kier alpha value is -1.39. The third-order valence-electron chi connectivity index (χ3n) is 2.10. The fourth-order valence-electron chi connectivity index (χ4n) is 1.31. The maximum absolute atomic E-state index is 12.7. The minimum atomic E-state index is -5.03. The van der Waals surface area contributed by atoms with Crippen LogP contribution >= 0.6 is 0 Å². The van der Waals surface area contributed by atoms with E-state index in [-0.39, 0.29) is 12.4 Å². The molecule has 5 heteroatoms. The predicted octanol–water partition coefficient (Wildman–Crippen LogP) is 3.00. The Kier molecular flexibility index (Phi) is 4.04. The second-order valence-corrected chi connectivity index (χ2v) is 3.54. The lowest BCUT2D eigenvalue weighted by atomic mass is 9.78. The first kappa shape index (κ1) is 12.7. The number of benzene rings is 1. The molecular weight excluding hydrogens is 216 g/mol. The van der Waals surface area contributed by atoms with Crippen molar-refractivity contribution in [2.75, 3.05) is 6.61 Å². The first-order valence-corrected chi connectivity index (χ1v) is 4.99. The van der Waals surface area contributed by atoms with Crippen LogP contribution in [0.15, 0.2) is 30.9 Å². The lowest BCUT2D eigenvalue weighted by molar-refractivity contribution is 0.325. The molecule has 0 unspecified atom stereocenters. The number of hydrogen-bond acceptors (Lipinski definition) is 1. The topological polar surface area (TPSA) is 9.23 Å². The molecule has 0 aliphatic carbocycles. The zero-order valence-electron chi connectivity index (χ0n) is 9.05. The number of hydrogen-bond donors (Lipinski definition) is 0. The van der Waals surface area contributed by atoms with Gasteiger partial charge in [0.1, 0.15) is 0 Å². The maximum atomic E-state index is 12.7. The summed E-state index contributed by atoms with van der Waals surface area (Å²) < 4.78 is 43.2. The average Bonchev–Trinajstić information content (AvgIpc) is 2.19. The molecule has 1 aromatic rings. The molecule has 0 saturated heterocycles. The minimum absolute atomic E-state index is 0.0973. The summed E-state index contributed by atoms with van der Waals surface area (Å²) in [5.41, 5.74) is -0.0886. The van der Waals surface area contributed by atoms with Crippen LogP contribution in [-0.4, -0.2) is 13.6 Å². The van der Waals surface area contributed by atoms with Gasteiger partial charge in [-0.15, -0.1) is 6.58 Å². The molecule has 0 aliphatic rings. The van der Waals surface area contributed by atoms with Crippen molar-refractivity contribution in [2.45, 2.75) is 13.3 Å².